The number of amides is 1. The second-order valence-electron chi connectivity index (χ2n) is 4.21. The van der Waals surface area contributed by atoms with E-state index in [0.29, 0.717) is 6.42 Å². The van der Waals surface area contributed by atoms with Crippen LogP contribution in [0.4, 0.5) is 8.78 Å². The van der Waals surface area contributed by atoms with Crippen LogP contribution in [0.15, 0.2) is 12.1 Å². The first kappa shape index (κ1) is 15.1. The van der Waals surface area contributed by atoms with E-state index in [1.807, 2.05) is 0 Å². The molecule has 1 amide bonds. The zero-order chi connectivity index (χ0) is 14.6. The molecule has 19 heavy (non-hydrogen) atoms. The number of rotatable bonds is 5. The van der Waals surface area contributed by atoms with E-state index < -0.39 is 35.1 Å². The molecule has 0 aromatic heterocycles. The van der Waals surface area contributed by atoms with Gasteiger partial charge in [0, 0.05) is 0 Å². The molecule has 1 atom stereocenters. The lowest BCUT2D eigenvalue weighted by Gasteiger charge is -2.14. The number of aliphatic carboxylic acids is 1. The molecule has 0 aliphatic carbocycles. The van der Waals surface area contributed by atoms with E-state index in [2.05, 4.69) is 5.32 Å². The van der Waals surface area contributed by atoms with Gasteiger partial charge < -0.3 is 10.4 Å². The average molecular weight is 271 g/mol. The summed E-state index contributed by atoms with van der Waals surface area (Å²) in [5, 5.41) is 11.0. The minimum Gasteiger partial charge on any atom is -0.480 e. The predicted octanol–water partition coefficient (Wildman–Crippen LogP) is 2.26. The fraction of sp³-hybridized carbons (Fsp3) is 0.385. The standard InChI is InChI=1S/C13H15F2NO3/c1-3-4-9(13(18)19)16-12(17)10-8(14)6-5-7(2)11(10)15/h5-6,9H,3-4H2,1-2H3,(H,16,17)(H,18,19)/t9-/m0/s1. The van der Waals surface area contributed by atoms with Crippen molar-refractivity contribution in [3.8, 4) is 0 Å². The molecule has 4 nitrogen and oxygen atoms in total. The number of benzene rings is 1. The molecule has 0 aliphatic rings. The van der Waals surface area contributed by atoms with Crippen LogP contribution in [0, 0.1) is 18.6 Å². The van der Waals surface area contributed by atoms with Crippen molar-refractivity contribution in [2.45, 2.75) is 32.7 Å². The van der Waals surface area contributed by atoms with Crippen molar-refractivity contribution in [1.82, 2.24) is 5.32 Å². The molecule has 0 heterocycles. The number of nitrogens with one attached hydrogen (secondary N) is 1. The molecule has 0 unspecified atom stereocenters. The number of hydrogen-bond donors (Lipinski definition) is 2. The molecule has 0 spiro atoms. The van der Waals surface area contributed by atoms with Crippen LogP contribution in [0.5, 0.6) is 0 Å². The Morgan fingerprint density at radius 3 is 2.53 bits per heavy atom. The van der Waals surface area contributed by atoms with E-state index in [9.17, 15) is 18.4 Å². The topological polar surface area (TPSA) is 66.4 Å². The Hall–Kier alpha value is -1.98. The first-order valence-corrected chi connectivity index (χ1v) is 5.86. The molecule has 104 valence electrons. The number of hydrogen-bond acceptors (Lipinski definition) is 2. The molecule has 0 aliphatic heterocycles. The van der Waals surface area contributed by atoms with Crippen molar-refractivity contribution >= 4 is 11.9 Å². The van der Waals surface area contributed by atoms with E-state index in [1.165, 1.54) is 13.0 Å². The van der Waals surface area contributed by atoms with Gasteiger partial charge in [0.2, 0.25) is 0 Å². The summed E-state index contributed by atoms with van der Waals surface area (Å²) < 4.78 is 27.2. The quantitative estimate of drug-likeness (QED) is 0.863. The van der Waals surface area contributed by atoms with Gasteiger partial charge in [0.05, 0.1) is 0 Å². The van der Waals surface area contributed by atoms with E-state index in [0.717, 1.165) is 6.07 Å². The van der Waals surface area contributed by atoms with Gasteiger partial charge in [-0.3, -0.25) is 4.79 Å². The summed E-state index contributed by atoms with van der Waals surface area (Å²) in [5.74, 6) is -4.28. The predicted molar refractivity (Wildman–Crippen MR) is 64.9 cm³/mol. The van der Waals surface area contributed by atoms with Crippen LogP contribution >= 0.6 is 0 Å². The van der Waals surface area contributed by atoms with Crippen molar-refractivity contribution in [3.05, 3.63) is 34.9 Å². The van der Waals surface area contributed by atoms with E-state index in [-0.39, 0.29) is 12.0 Å². The largest absolute Gasteiger partial charge is 0.480 e. The third kappa shape index (κ3) is 3.49. The van der Waals surface area contributed by atoms with Gasteiger partial charge >= 0.3 is 5.97 Å². The molecular formula is C13H15F2NO3. The van der Waals surface area contributed by atoms with Crippen LogP contribution in [0.3, 0.4) is 0 Å². The molecule has 0 saturated heterocycles. The summed E-state index contributed by atoms with van der Waals surface area (Å²) in [5.41, 5.74) is -0.628. The summed E-state index contributed by atoms with van der Waals surface area (Å²) in [6.45, 7) is 3.14. The van der Waals surface area contributed by atoms with Crippen molar-refractivity contribution in [2.24, 2.45) is 0 Å². The SMILES string of the molecule is CCC[C@H](NC(=O)c1c(F)ccc(C)c1F)C(=O)O. The zero-order valence-corrected chi connectivity index (χ0v) is 10.7. The smallest absolute Gasteiger partial charge is 0.326 e. The Morgan fingerprint density at radius 2 is 2.00 bits per heavy atom. The van der Waals surface area contributed by atoms with Crippen molar-refractivity contribution < 1.29 is 23.5 Å². The van der Waals surface area contributed by atoms with Gasteiger partial charge in [-0.1, -0.05) is 19.4 Å². The fourth-order valence-electron chi connectivity index (χ4n) is 1.64. The second kappa shape index (κ2) is 6.26. The van der Waals surface area contributed by atoms with Gasteiger partial charge in [0.1, 0.15) is 23.2 Å². The number of carboxylic acids is 1. The van der Waals surface area contributed by atoms with Crippen molar-refractivity contribution in [1.29, 1.82) is 0 Å². The van der Waals surface area contributed by atoms with Crippen LogP contribution in [0.2, 0.25) is 0 Å². The van der Waals surface area contributed by atoms with Crippen LogP contribution in [-0.2, 0) is 4.79 Å². The summed E-state index contributed by atoms with van der Waals surface area (Å²) in [7, 11) is 0. The number of halogens is 2. The maximum atomic E-state index is 13.7. The van der Waals surface area contributed by atoms with Crippen molar-refractivity contribution in [2.75, 3.05) is 0 Å². The van der Waals surface area contributed by atoms with Gasteiger partial charge in [-0.2, -0.15) is 0 Å². The lowest BCUT2D eigenvalue weighted by atomic mass is 10.1. The highest BCUT2D eigenvalue weighted by molar-refractivity contribution is 5.97. The maximum Gasteiger partial charge on any atom is 0.326 e. The van der Waals surface area contributed by atoms with Crippen LogP contribution in [0.1, 0.15) is 35.7 Å². The Bertz CT molecular complexity index is 503. The Morgan fingerprint density at radius 1 is 1.37 bits per heavy atom. The highest BCUT2D eigenvalue weighted by atomic mass is 19.1. The fourth-order valence-corrected chi connectivity index (χ4v) is 1.64. The van der Waals surface area contributed by atoms with Gasteiger partial charge in [-0.15, -0.1) is 0 Å². The third-order valence-corrected chi connectivity index (χ3v) is 2.69. The molecule has 0 radical (unpaired) electrons. The normalized spacial score (nSPS) is 12.0. The molecule has 6 heteroatoms. The molecule has 1 aromatic carbocycles. The maximum absolute atomic E-state index is 13.7. The number of carbonyl (C=O) groups is 2. The average Bonchev–Trinajstić information content (AvgIpc) is 2.33. The van der Waals surface area contributed by atoms with E-state index in [1.54, 1.807) is 6.92 Å². The molecule has 1 aromatic rings. The Kier molecular flexibility index (Phi) is 4.97. The summed E-state index contributed by atoms with van der Waals surface area (Å²) in [6, 6.07) is 1.03. The minimum absolute atomic E-state index is 0.119. The lowest BCUT2D eigenvalue weighted by molar-refractivity contribution is -0.139. The van der Waals surface area contributed by atoms with E-state index >= 15 is 0 Å². The highest BCUT2D eigenvalue weighted by Crippen LogP contribution is 2.16. The summed E-state index contributed by atoms with van der Waals surface area (Å²) in [4.78, 5) is 22.7. The van der Waals surface area contributed by atoms with Crippen molar-refractivity contribution in [3.63, 3.8) is 0 Å². The van der Waals surface area contributed by atoms with Gasteiger partial charge in [0.15, 0.2) is 0 Å². The highest BCUT2D eigenvalue weighted by Gasteiger charge is 2.24. The Balaban J connectivity index is 3.01. The van der Waals surface area contributed by atoms with Crippen LogP contribution in [-0.4, -0.2) is 23.0 Å². The van der Waals surface area contributed by atoms with Gasteiger partial charge in [-0.25, -0.2) is 13.6 Å². The molecule has 0 bridgehead atoms. The first-order chi connectivity index (χ1) is 8.88. The number of carboxylic acid groups (broad SMARTS) is 1. The third-order valence-electron chi connectivity index (χ3n) is 2.69. The van der Waals surface area contributed by atoms with Crippen LogP contribution < -0.4 is 5.32 Å². The van der Waals surface area contributed by atoms with E-state index in [4.69, 9.17) is 5.11 Å². The molecule has 0 saturated carbocycles. The monoisotopic (exact) mass is 271 g/mol. The first-order valence-electron chi connectivity index (χ1n) is 5.86. The number of carbonyl (C=O) groups excluding carboxylic acids is 1. The summed E-state index contributed by atoms with van der Waals surface area (Å²) >= 11 is 0. The Labute approximate surface area is 109 Å². The molecule has 1 rings (SSSR count). The zero-order valence-electron chi connectivity index (χ0n) is 10.7. The minimum atomic E-state index is -1.23. The lowest BCUT2D eigenvalue weighted by Crippen LogP contribution is -2.41. The molecule has 2 N–H and O–H groups in total. The van der Waals surface area contributed by atoms with Gasteiger partial charge in [-0.05, 0) is 25.0 Å². The second-order valence-corrected chi connectivity index (χ2v) is 4.21. The summed E-state index contributed by atoms with van der Waals surface area (Å²) in [6.07, 6.45) is 0.714. The molecule has 0 fully saturated rings. The van der Waals surface area contributed by atoms with Crippen LogP contribution in [0.25, 0.3) is 0 Å². The molecular weight excluding hydrogens is 256 g/mol. The van der Waals surface area contributed by atoms with Gasteiger partial charge in [0.25, 0.3) is 5.91 Å². The number of aryl methyl sites for hydroxylation is 1.